The molecular weight excluding hydrogens is 292 g/mol. The second-order valence-corrected chi connectivity index (χ2v) is 5.24. The zero-order valence-corrected chi connectivity index (χ0v) is 12.2. The number of nitrogens with two attached hydrogens (primary N) is 1. The molecule has 110 valence electrons. The molecule has 5 nitrogen and oxygen atoms in total. The fourth-order valence-corrected chi connectivity index (χ4v) is 2.13. The standard InChI is InChI=1S/C15H15ClN2O3/c1-10(17)7-11-5-6-15(14(8-11)18(19)20)21-13-4-2-3-12(16)9-13/h2-6,8-10H,7,17H2,1H3. The van der Waals surface area contributed by atoms with Crippen LogP contribution in [0.5, 0.6) is 11.5 Å². The molecule has 6 heteroatoms. The molecule has 0 radical (unpaired) electrons. The number of halogens is 1. The Morgan fingerprint density at radius 2 is 2.10 bits per heavy atom. The smallest absolute Gasteiger partial charge is 0.311 e. The van der Waals surface area contributed by atoms with Gasteiger partial charge in [-0.3, -0.25) is 10.1 Å². The zero-order chi connectivity index (χ0) is 15.4. The third-order valence-electron chi connectivity index (χ3n) is 2.80. The topological polar surface area (TPSA) is 78.4 Å². The summed E-state index contributed by atoms with van der Waals surface area (Å²) < 4.78 is 5.55. The van der Waals surface area contributed by atoms with Gasteiger partial charge in [-0.2, -0.15) is 0 Å². The molecule has 2 aromatic rings. The van der Waals surface area contributed by atoms with E-state index in [1.54, 1.807) is 36.4 Å². The summed E-state index contributed by atoms with van der Waals surface area (Å²) in [6.45, 7) is 1.85. The van der Waals surface area contributed by atoms with Crippen molar-refractivity contribution in [1.82, 2.24) is 0 Å². The molecule has 0 aromatic heterocycles. The molecule has 2 rings (SSSR count). The van der Waals surface area contributed by atoms with Crippen molar-refractivity contribution in [2.75, 3.05) is 0 Å². The Bertz CT molecular complexity index is 659. The van der Waals surface area contributed by atoms with E-state index >= 15 is 0 Å². The van der Waals surface area contributed by atoms with Crippen LogP contribution in [0.2, 0.25) is 5.02 Å². The highest BCUT2D eigenvalue weighted by Gasteiger charge is 2.17. The van der Waals surface area contributed by atoms with Crippen molar-refractivity contribution in [3.8, 4) is 11.5 Å². The van der Waals surface area contributed by atoms with Crippen LogP contribution in [-0.4, -0.2) is 11.0 Å². The van der Waals surface area contributed by atoms with Gasteiger partial charge in [0.15, 0.2) is 0 Å². The van der Waals surface area contributed by atoms with Crippen LogP contribution in [-0.2, 0) is 6.42 Å². The lowest BCUT2D eigenvalue weighted by atomic mass is 10.1. The van der Waals surface area contributed by atoms with E-state index in [0.29, 0.717) is 17.2 Å². The quantitative estimate of drug-likeness (QED) is 0.670. The van der Waals surface area contributed by atoms with Gasteiger partial charge in [-0.25, -0.2) is 0 Å². The van der Waals surface area contributed by atoms with Crippen LogP contribution in [0.3, 0.4) is 0 Å². The Labute approximate surface area is 127 Å². The van der Waals surface area contributed by atoms with Gasteiger partial charge in [0.05, 0.1) is 4.92 Å². The molecule has 0 heterocycles. The molecule has 0 aliphatic carbocycles. The van der Waals surface area contributed by atoms with Gasteiger partial charge >= 0.3 is 5.69 Å². The van der Waals surface area contributed by atoms with Gasteiger partial charge in [0.2, 0.25) is 5.75 Å². The van der Waals surface area contributed by atoms with Crippen molar-refractivity contribution >= 4 is 17.3 Å². The van der Waals surface area contributed by atoms with Crippen molar-refractivity contribution in [3.63, 3.8) is 0 Å². The first-order valence-electron chi connectivity index (χ1n) is 6.42. The normalized spacial score (nSPS) is 12.0. The van der Waals surface area contributed by atoms with Crippen LogP contribution >= 0.6 is 11.6 Å². The molecule has 0 fully saturated rings. The number of nitrogens with zero attached hydrogens (tertiary/aromatic N) is 1. The summed E-state index contributed by atoms with van der Waals surface area (Å²) in [5.74, 6) is 0.626. The minimum Gasteiger partial charge on any atom is -0.450 e. The second-order valence-electron chi connectivity index (χ2n) is 4.80. The molecule has 2 N–H and O–H groups in total. The molecule has 0 spiro atoms. The summed E-state index contributed by atoms with van der Waals surface area (Å²) in [5.41, 5.74) is 6.42. The van der Waals surface area contributed by atoms with Crippen LogP contribution in [0.25, 0.3) is 0 Å². The van der Waals surface area contributed by atoms with Crippen molar-refractivity contribution < 1.29 is 9.66 Å². The van der Waals surface area contributed by atoms with Crippen molar-refractivity contribution in [1.29, 1.82) is 0 Å². The van der Waals surface area contributed by atoms with Crippen LogP contribution in [0.1, 0.15) is 12.5 Å². The van der Waals surface area contributed by atoms with Crippen molar-refractivity contribution in [2.45, 2.75) is 19.4 Å². The van der Waals surface area contributed by atoms with Gasteiger partial charge in [-0.15, -0.1) is 0 Å². The lowest BCUT2D eigenvalue weighted by Crippen LogP contribution is -2.17. The SMILES string of the molecule is CC(N)Cc1ccc(Oc2cccc(Cl)c2)c([N+](=O)[O-])c1. The van der Waals surface area contributed by atoms with Crippen LogP contribution in [0.15, 0.2) is 42.5 Å². The monoisotopic (exact) mass is 306 g/mol. The first-order chi connectivity index (χ1) is 9.95. The van der Waals surface area contributed by atoms with Gasteiger partial charge in [0, 0.05) is 17.1 Å². The fourth-order valence-electron chi connectivity index (χ4n) is 1.95. The average Bonchev–Trinajstić information content (AvgIpc) is 2.39. The average molecular weight is 307 g/mol. The molecular formula is C15H15ClN2O3. The molecule has 0 amide bonds. The van der Waals surface area contributed by atoms with Crippen LogP contribution in [0, 0.1) is 10.1 Å². The highest BCUT2D eigenvalue weighted by molar-refractivity contribution is 6.30. The summed E-state index contributed by atoms with van der Waals surface area (Å²) in [7, 11) is 0. The highest BCUT2D eigenvalue weighted by Crippen LogP contribution is 2.33. The number of nitro benzene ring substituents is 1. The molecule has 1 atom stereocenters. The lowest BCUT2D eigenvalue weighted by molar-refractivity contribution is -0.385. The van der Waals surface area contributed by atoms with Crippen LogP contribution in [0.4, 0.5) is 5.69 Å². The number of nitro groups is 1. The van der Waals surface area contributed by atoms with Crippen molar-refractivity contribution in [3.05, 3.63) is 63.2 Å². The number of ether oxygens (including phenoxy) is 1. The summed E-state index contributed by atoms with van der Waals surface area (Å²) in [4.78, 5) is 10.7. The van der Waals surface area contributed by atoms with Gasteiger partial charge in [0.25, 0.3) is 0 Å². The predicted octanol–water partition coefficient (Wildman–Crippen LogP) is 3.93. The minimum atomic E-state index is -0.468. The minimum absolute atomic E-state index is 0.0655. The van der Waals surface area contributed by atoms with Gasteiger partial charge < -0.3 is 10.5 Å². The summed E-state index contributed by atoms with van der Waals surface area (Å²) in [5, 5.41) is 11.7. The Morgan fingerprint density at radius 1 is 1.33 bits per heavy atom. The first-order valence-corrected chi connectivity index (χ1v) is 6.80. The van der Waals surface area contributed by atoms with E-state index < -0.39 is 4.92 Å². The zero-order valence-electron chi connectivity index (χ0n) is 11.5. The highest BCUT2D eigenvalue weighted by atomic mass is 35.5. The fraction of sp³-hybridized carbons (Fsp3) is 0.200. The maximum absolute atomic E-state index is 11.2. The van der Waals surface area contributed by atoms with Gasteiger partial charge in [-0.05, 0) is 43.2 Å². The number of rotatable bonds is 5. The Morgan fingerprint density at radius 3 is 2.71 bits per heavy atom. The summed E-state index contributed by atoms with van der Waals surface area (Å²) in [6, 6.07) is 11.5. The van der Waals surface area contributed by atoms with Crippen LogP contribution < -0.4 is 10.5 Å². The third-order valence-corrected chi connectivity index (χ3v) is 3.04. The van der Waals surface area contributed by atoms with E-state index in [4.69, 9.17) is 22.1 Å². The van der Waals surface area contributed by atoms with E-state index in [-0.39, 0.29) is 17.5 Å². The Balaban J connectivity index is 2.32. The van der Waals surface area contributed by atoms with E-state index in [1.165, 1.54) is 6.07 Å². The first kappa shape index (κ1) is 15.3. The Hall–Kier alpha value is -2.11. The maximum Gasteiger partial charge on any atom is 0.311 e. The summed E-state index contributed by atoms with van der Waals surface area (Å²) in [6.07, 6.45) is 0.568. The van der Waals surface area contributed by atoms with E-state index in [2.05, 4.69) is 0 Å². The van der Waals surface area contributed by atoms with Crippen molar-refractivity contribution in [2.24, 2.45) is 5.73 Å². The molecule has 21 heavy (non-hydrogen) atoms. The molecule has 0 saturated heterocycles. The second kappa shape index (κ2) is 6.56. The molecule has 0 bridgehead atoms. The number of benzene rings is 2. The van der Waals surface area contributed by atoms with E-state index in [1.807, 2.05) is 6.92 Å². The van der Waals surface area contributed by atoms with Gasteiger partial charge in [0.1, 0.15) is 5.75 Å². The maximum atomic E-state index is 11.2. The largest absolute Gasteiger partial charge is 0.450 e. The number of hydrogen-bond donors (Lipinski definition) is 1. The third kappa shape index (κ3) is 4.18. The molecule has 2 aromatic carbocycles. The van der Waals surface area contributed by atoms with Gasteiger partial charge in [-0.1, -0.05) is 23.7 Å². The molecule has 0 aliphatic rings. The Kier molecular flexibility index (Phi) is 4.77. The molecule has 1 unspecified atom stereocenters. The van der Waals surface area contributed by atoms with E-state index in [9.17, 15) is 10.1 Å². The lowest BCUT2D eigenvalue weighted by Gasteiger charge is -2.09. The molecule has 0 saturated carbocycles. The molecule has 0 aliphatic heterocycles. The number of hydrogen-bond acceptors (Lipinski definition) is 4. The summed E-state index contributed by atoms with van der Waals surface area (Å²) >= 11 is 5.87. The predicted molar refractivity (Wildman–Crippen MR) is 82.0 cm³/mol. The van der Waals surface area contributed by atoms with E-state index in [0.717, 1.165) is 5.56 Å².